The van der Waals surface area contributed by atoms with E-state index in [1.165, 1.54) is 10.4 Å². The predicted molar refractivity (Wildman–Crippen MR) is 84.6 cm³/mol. The minimum absolute atomic E-state index is 0.103. The Kier molecular flexibility index (Phi) is 4.47. The number of anilines is 1. The fraction of sp³-hybridized carbons (Fsp3) is 0.267. The van der Waals surface area contributed by atoms with Crippen LogP contribution in [0.2, 0.25) is 0 Å². The van der Waals surface area contributed by atoms with Crippen molar-refractivity contribution >= 4 is 15.7 Å². The largest absolute Gasteiger partial charge is 0.273 e. The fourth-order valence-electron chi connectivity index (χ4n) is 2.15. The molecule has 0 spiro atoms. The van der Waals surface area contributed by atoms with Gasteiger partial charge in [-0.05, 0) is 12.5 Å². The van der Waals surface area contributed by atoms with Crippen LogP contribution >= 0.6 is 0 Å². The topological polar surface area (TPSA) is 55.2 Å². The van der Waals surface area contributed by atoms with E-state index in [-0.39, 0.29) is 12.3 Å². The molecule has 112 valence electrons. The maximum absolute atomic E-state index is 12.5. The van der Waals surface area contributed by atoms with E-state index >= 15 is 0 Å². The third kappa shape index (κ3) is 3.52. The van der Waals surface area contributed by atoms with Crippen molar-refractivity contribution in [3.63, 3.8) is 0 Å². The van der Waals surface area contributed by atoms with Gasteiger partial charge in [0.05, 0.1) is 23.7 Å². The quantitative estimate of drug-likeness (QED) is 0.769. The van der Waals surface area contributed by atoms with Gasteiger partial charge in [-0.15, -0.1) is 6.58 Å². The summed E-state index contributed by atoms with van der Waals surface area (Å²) in [5, 5.41) is 4.23. The molecule has 0 saturated carbocycles. The number of hydrogen-bond donors (Lipinski definition) is 0. The van der Waals surface area contributed by atoms with Gasteiger partial charge in [-0.2, -0.15) is 5.10 Å². The highest BCUT2D eigenvalue weighted by molar-refractivity contribution is 7.92. The maximum Gasteiger partial charge on any atom is 0.239 e. The van der Waals surface area contributed by atoms with Crippen LogP contribution in [0.25, 0.3) is 0 Å². The van der Waals surface area contributed by atoms with Gasteiger partial charge in [0, 0.05) is 13.2 Å². The van der Waals surface area contributed by atoms with Crippen molar-refractivity contribution in [1.82, 2.24) is 9.78 Å². The Morgan fingerprint density at radius 3 is 2.52 bits per heavy atom. The van der Waals surface area contributed by atoms with Crippen LogP contribution < -0.4 is 4.31 Å². The highest BCUT2D eigenvalue weighted by Crippen LogP contribution is 2.24. The molecular weight excluding hydrogens is 286 g/mol. The molecule has 0 aliphatic rings. The molecule has 1 aromatic heterocycles. The van der Waals surface area contributed by atoms with E-state index in [2.05, 4.69) is 11.7 Å². The Morgan fingerprint density at radius 1 is 1.33 bits per heavy atom. The van der Waals surface area contributed by atoms with Crippen LogP contribution in [0.15, 0.2) is 49.2 Å². The summed E-state index contributed by atoms with van der Waals surface area (Å²) in [7, 11) is -1.70. The maximum atomic E-state index is 12.5. The summed E-state index contributed by atoms with van der Waals surface area (Å²) in [5.41, 5.74) is 2.21. The van der Waals surface area contributed by atoms with Gasteiger partial charge in [-0.1, -0.05) is 36.4 Å². The summed E-state index contributed by atoms with van der Waals surface area (Å²) < 4.78 is 28.0. The first kappa shape index (κ1) is 15.3. The lowest BCUT2D eigenvalue weighted by atomic mass is 10.2. The molecule has 1 heterocycles. The number of aromatic nitrogens is 2. The van der Waals surface area contributed by atoms with Crippen LogP contribution in [0, 0.1) is 6.92 Å². The van der Waals surface area contributed by atoms with Gasteiger partial charge in [0.1, 0.15) is 0 Å². The predicted octanol–water partition coefficient (Wildman–Crippen LogP) is 2.25. The van der Waals surface area contributed by atoms with Gasteiger partial charge in [-0.25, -0.2) is 8.42 Å². The second kappa shape index (κ2) is 6.13. The zero-order chi connectivity index (χ0) is 15.5. The molecule has 2 rings (SSSR count). The van der Waals surface area contributed by atoms with E-state index in [0.717, 1.165) is 5.56 Å². The molecule has 0 aliphatic heterocycles. The Bertz CT molecular complexity index is 721. The number of hydrogen-bond acceptors (Lipinski definition) is 3. The van der Waals surface area contributed by atoms with Gasteiger partial charge in [-0.3, -0.25) is 8.99 Å². The van der Waals surface area contributed by atoms with E-state index in [1.54, 1.807) is 24.9 Å². The van der Waals surface area contributed by atoms with Gasteiger partial charge < -0.3 is 0 Å². The first-order valence-electron chi connectivity index (χ1n) is 6.59. The lowest BCUT2D eigenvalue weighted by molar-refractivity contribution is 0.593. The summed E-state index contributed by atoms with van der Waals surface area (Å²) in [6.45, 7) is 5.61. The Morgan fingerprint density at radius 2 is 2.00 bits per heavy atom. The summed E-state index contributed by atoms with van der Waals surface area (Å²) in [5.74, 6) is -0.103. The van der Waals surface area contributed by atoms with Gasteiger partial charge in [0.15, 0.2) is 0 Å². The van der Waals surface area contributed by atoms with Crippen LogP contribution in [0.3, 0.4) is 0 Å². The zero-order valence-corrected chi connectivity index (χ0v) is 13.0. The summed E-state index contributed by atoms with van der Waals surface area (Å²) >= 11 is 0. The smallest absolute Gasteiger partial charge is 0.239 e. The van der Waals surface area contributed by atoms with Gasteiger partial charge >= 0.3 is 0 Å². The molecule has 0 saturated heterocycles. The van der Waals surface area contributed by atoms with Crippen molar-refractivity contribution in [3.8, 4) is 0 Å². The van der Waals surface area contributed by atoms with Gasteiger partial charge in [0.25, 0.3) is 0 Å². The van der Waals surface area contributed by atoms with Crippen LogP contribution in [0.1, 0.15) is 11.3 Å². The molecule has 0 unspecified atom stereocenters. The molecular formula is C15H19N3O2S. The average molecular weight is 305 g/mol. The van der Waals surface area contributed by atoms with Crippen molar-refractivity contribution in [3.05, 3.63) is 60.4 Å². The van der Waals surface area contributed by atoms with Crippen molar-refractivity contribution in [2.24, 2.45) is 7.05 Å². The van der Waals surface area contributed by atoms with E-state index in [9.17, 15) is 8.42 Å². The van der Waals surface area contributed by atoms with E-state index in [4.69, 9.17) is 0 Å². The van der Waals surface area contributed by atoms with Crippen molar-refractivity contribution in [2.75, 3.05) is 10.1 Å². The highest BCUT2D eigenvalue weighted by Gasteiger charge is 2.24. The molecule has 1 aromatic carbocycles. The summed E-state index contributed by atoms with van der Waals surface area (Å²) in [6.07, 6.45) is 3.12. The lowest BCUT2D eigenvalue weighted by Crippen LogP contribution is -2.32. The second-order valence-electron chi connectivity index (χ2n) is 4.83. The monoisotopic (exact) mass is 305 g/mol. The minimum Gasteiger partial charge on any atom is -0.273 e. The van der Waals surface area contributed by atoms with E-state index < -0.39 is 10.0 Å². The van der Waals surface area contributed by atoms with Crippen molar-refractivity contribution < 1.29 is 8.42 Å². The molecule has 0 amide bonds. The molecule has 6 heteroatoms. The van der Waals surface area contributed by atoms with Crippen molar-refractivity contribution in [2.45, 2.75) is 13.5 Å². The molecule has 0 radical (unpaired) electrons. The summed E-state index contributed by atoms with van der Waals surface area (Å²) in [4.78, 5) is 0. The Labute approximate surface area is 125 Å². The summed E-state index contributed by atoms with van der Waals surface area (Å²) in [6, 6.07) is 9.50. The molecule has 2 aromatic rings. The molecule has 0 N–H and O–H groups in total. The number of nitrogens with zero attached hydrogens (tertiary/aromatic N) is 3. The number of benzene rings is 1. The van der Waals surface area contributed by atoms with Crippen LogP contribution in [-0.2, 0) is 23.6 Å². The van der Waals surface area contributed by atoms with Crippen LogP contribution in [0.4, 0.5) is 5.69 Å². The zero-order valence-electron chi connectivity index (χ0n) is 12.2. The van der Waals surface area contributed by atoms with Crippen LogP contribution in [-0.4, -0.2) is 24.0 Å². The number of sulfonamides is 1. The van der Waals surface area contributed by atoms with Crippen molar-refractivity contribution in [1.29, 1.82) is 0 Å². The SMILES string of the molecule is C=CCS(=O)(=O)N(Cc1ccccc1)c1cn(C)nc1C. The van der Waals surface area contributed by atoms with Crippen LogP contribution in [0.5, 0.6) is 0 Å². The van der Waals surface area contributed by atoms with Gasteiger partial charge in [0.2, 0.25) is 10.0 Å². The first-order chi connectivity index (χ1) is 9.94. The second-order valence-corrected chi connectivity index (χ2v) is 6.77. The highest BCUT2D eigenvalue weighted by atomic mass is 32.2. The number of aryl methyl sites for hydroxylation is 2. The molecule has 0 fully saturated rings. The van der Waals surface area contributed by atoms with E-state index in [0.29, 0.717) is 11.4 Å². The molecule has 0 atom stereocenters. The fourth-order valence-corrected chi connectivity index (χ4v) is 3.46. The first-order valence-corrected chi connectivity index (χ1v) is 8.20. The Hall–Kier alpha value is -2.08. The average Bonchev–Trinajstić information content (AvgIpc) is 2.75. The molecule has 0 bridgehead atoms. The third-order valence-electron chi connectivity index (χ3n) is 3.09. The third-order valence-corrected chi connectivity index (χ3v) is 4.74. The standard InChI is InChI=1S/C15H19N3O2S/c1-4-10-21(19,20)18(11-14-8-6-5-7-9-14)15-12-17(3)16-13(15)2/h4-9,12H,1,10-11H2,2-3H3. The Balaban J connectivity index is 2.45. The minimum atomic E-state index is -3.47. The van der Waals surface area contributed by atoms with E-state index in [1.807, 2.05) is 30.3 Å². The molecule has 5 nitrogen and oxygen atoms in total. The lowest BCUT2D eigenvalue weighted by Gasteiger charge is -2.23. The molecule has 21 heavy (non-hydrogen) atoms. The number of rotatable bonds is 6. The normalized spacial score (nSPS) is 11.3. The molecule has 0 aliphatic carbocycles.